The summed E-state index contributed by atoms with van der Waals surface area (Å²) in [4.78, 5) is 60.7. The van der Waals surface area contributed by atoms with Gasteiger partial charge in [-0.25, -0.2) is 13.2 Å². The van der Waals surface area contributed by atoms with Crippen molar-refractivity contribution >= 4 is 35.0 Å². The predicted molar refractivity (Wildman–Crippen MR) is 175 cm³/mol. The quantitative estimate of drug-likeness (QED) is 0.223. The van der Waals surface area contributed by atoms with E-state index in [9.17, 15) is 28.0 Å². The molecule has 0 aromatic heterocycles. The zero-order chi connectivity index (χ0) is 34.7. The number of hydrogen-bond acceptors (Lipinski definition) is 7. The number of likely N-dealkylation sites (N-methyl/N-ethyl adjacent to an activating group) is 1. The molecule has 4 aliphatic rings. The molecule has 48 heavy (non-hydrogen) atoms. The Hall–Kier alpha value is -3.94. The SMILES string of the molecule is CCC(=O)N[C@@H](C(=O)N1CCN(C)CC1)[C@@H](C)c1ccc(NC(=O)[C@@H](NC(=O)C(C=CN)=NC2CC2(F)F)C(C2CC2)C2CC2)c(F)c1. The van der Waals surface area contributed by atoms with Crippen LogP contribution in [0.3, 0.4) is 0 Å². The van der Waals surface area contributed by atoms with Crippen LogP contribution in [0.15, 0.2) is 35.5 Å². The Morgan fingerprint density at radius 1 is 1.04 bits per heavy atom. The minimum Gasteiger partial charge on any atom is -0.405 e. The Kier molecular flexibility index (Phi) is 10.8. The number of benzene rings is 1. The summed E-state index contributed by atoms with van der Waals surface area (Å²) in [6.07, 6.45) is 5.44. The molecule has 5 N–H and O–H groups in total. The normalized spacial score (nSPS) is 23.0. The van der Waals surface area contributed by atoms with Crippen LogP contribution >= 0.6 is 0 Å². The summed E-state index contributed by atoms with van der Waals surface area (Å²) in [6, 6.07) is 0.951. The van der Waals surface area contributed by atoms with Crippen LogP contribution in [-0.2, 0) is 19.2 Å². The van der Waals surface area contributed by atoms with Gasteiger partial charge in [0.05, 0.1) is 5.69 Å². The van der Waals surface area contributed by atoms with Gasteiger partial charge < -0.3 is 31.5 Å². The Balaban J connectivity index is 1.33. The van der Waals surface area contributed by atoms with E-state index in [4.69, 9.17) is 5.73 Å². The highest BCUT2D eigenvalue weighted by Gasteiger charge is 2.57. The summed E-state index contributed by atoms with van der Waals surface area (Å²) < 4.78 is 42.9. The van der Waals surface area contributed by atoms with Gasteiger partial charge in [-0.05, 0) is 80.5 Å². The first-order valence-corrected chi connectivity index (χ1v) is 16.8. The van der Waals surface area contributed by atoms with Crippen LogP contribution in [0, 0.1) is 23.6 Å². The third-order valence-corrected chi connectivity index (χ3v) is 9.86. The van der Waals surface area contributed by atoms with Gasteiger partial charge in [0.2, 0.25) is 17.7 Å². The Morgan fingerprint density at radius 3 is 2.19 bits per heavy atom. The van der Waals surface area contributed by atoms with Gasteiger partial charge in [-0.3, -0.25) is 24.2 Å². The summed E-state index contributed by atoms with van der Waals surface area (Å²) in [7, 11) is 1.97. The minimum atomic E-state index is -2.99. The van der Waals surface area contributed by atoms with Crippen LogP contribution < -0.4 is 21.7 Å². The highest BCUT2D eigenvalue weighted by Crippen LogP contribution is 2.51. The number of anilines is 1. The summed E-state index contributed by atoms with van der Waals surface area (Å²) in [5.41, 5.74) is 5.50. The summed E-state index contributed by atoms with van der Waals surface area (Å²) in [5, 5.41) is 8.17. The van der Waals surface area contributed by atoms with Crippen molar-refractivity contribution in [2.45, 2.75) is 82.3 Å². The number of rotatable bonds is 14. The minimum absolute atomic E-state index is 0.117. The zero-order valence-electron chi connectivity index (χ0n) is 27.7. The topological polar surface area (TPSA) is 149 Å². The van der Waals surface area contributed by atoms with Crippen molar-refractivity contribution in [1.29, 1.82) is 0 Å². The lowest BCUT2D eigenvalue weighted by atomic mass is 9.88. The summed E-state index contributed by atoms with van der Waals surface area (Å²) in [6.45, 7) is 5.88. The second kappa shape index (κ2) is 14.7. The number of carbonyl (C=O) groups excluding carboxylic acids is 4. The molecule has 1 unspecified atom stereocenters. The molecule has 14 heteroatoms. The van der Waals surface area contributed by atoms with Crippen LogP contribution in [0.25, 0.3) is 0 Å². The molecule has 0 bridgehead atoms. The van der Waals surface area contributed by atoms with E-state index in [-0.39, 0.29) is 47.4 Å². The van der Waals surface area contributed by atoms with E-state index < -0.39 is 54.0 Å². The van der Waals surface area contributed by atoms with Crippen LogP contribution in [0.1, 0.15) is 63.9 Å². The smallest absolute Gasteiger partial charge is 0.272 e. The molecular weight excluding hydrogens is 627 g/mol. The number of nitrogens with zero attached hydrogens (tertiary/aromatic N) is 3. The third kappa shape index (κ3) is 8.55. The molecule has 1 saturated heterocycles. The number of nitrogens with two attached hydrogens (primary N) is 1. The highest BCUT2D eigenvalue weighted by molar-refractivity contribution is 6.43. The summed E-state index contributed by atoms with van der Waals surface area (Å²) in [5.74, 6) is -6.09. The van der Waals surface area contributed by atoms with Crippen LogP contribution in [0.5, 0.6) is 0 Å². The van der Waals surface area contributed by atoms with E-state index in [2.05, 4.69) is 25.8 Å². The molecule has 4 atom stereocenters. The van der Waals surface area contributed by atoms with Gasteiger partial charge in [0.25, 0.3) is 11.8 Å². The largest absolute Gasteiger partial charge is 0.405 e. The van der Waals surface area contributed by atoms with Gasteiger partial charge in [0.1, 0.15) is 29.7 Å². The van der Waals surface area contributed by atoms with Gasteiger partial charge >= 0.3 is 0 Å². The predicted octanol–water partition coefficient (Wildman–Crippen LogP) is 2.78. The number of amides is 4. The number of alkyl halides is 2. The summed E-state index contributed by atoms with van der Waals surface area (Å²) >= 11 is 0. The van der Waals surface area contributed by atoms with Crippen LogP contribution in [0.2, 0.25) is 0 Å². The van der Waals surface area contributed by atoms with E-state index >= 15 is 4.39 Å². The van der Waals surface area contributed by atoms with Gasteiger partial charge in [0.15, 0.2) is 0 Å². The van der Waals surface area contributed by atoms with Crippen LogP contribution in [-0.4, -0.2) is 96.4 Å². The standard InChI is InChI=1S/C34H46F3N7O4/c1-4-27(45)41-29(33(48)44-15-13-43(3)14-16-44)19(2)22-9-10-24(23(35)17-22)40-32(47)30(28(20-5-6-20)21-7-8-21)42-31(46)25(11-12-38)39-26-18-34(26,36)37/h9-12,17,19-21,26,28-30H,4-8,13-16,18,38H2,1-3H3,(H,40,47)(H,41,45)(H,42,46)/t19-,26?,29+,30-/m0/s1. The van der Waals surface area contributed by atoms with E-state index in [1.165, 1.54) is 12.1 Å². The molecule has 0 radical (unpaired) electrons. The highest BCUT2D eigenvalue weighted by atomic mass is 19.3. The Bertz CT molecular complexity index is 1440. The molecule has 1 aromatic rings. The molecule has 5 rings (SSSR count). The van der Waals surface area contributed by atoms with Crippen molar-refractivity contribution in [3.63, 3.8) is 0 Å². The third-order valence-electron chi connectivity index (χ3n) is 9.86. The molecule has 3 saturated carbocycles. The average Bonchev–Trinajstić information content (AvgIpc) is 3.95. The van der Waals surface area contributed by atoms with E-state index in [0.717, 1.165) is 38.0 Å². The van der Waals surface area contributed by atoms with Crippen LogP contribution in [0.4, 0.5) is 18.9 Å². The number of piperazine rings is 1. The van der Waals surface area contributed by atoms with Gasteiger partial charge in [-0.1, -0.05) is 19.9 Å². The van der Waals surface area contributed by atoms with Crippen molar-refractivity contribution in [2.24, 2.45) is 28.5 Å². The van der Waals surface area contributed by atoms with E-state index in [1.807, 2.05) is 7.05 Å². The molecule has 11 nitrogen and oxygen atoms in total. The van der Waals surface area contributed by atoms with E-state index in [1.54, 1.807) is 24.8 Å². The van der Waals surface area contributed by atoms with Crippen molar-refractivity contribution in [3.05, 3.63) is 41.9 Å². The maximum atomic E-state index is 15.7. The lowest BCUT2D eigenvalue weighted by Crippen LogP contribution is -2.55. The number of aliphatic imine (C=N–C) groups is 1. The van der Waals surface area contributed by atoms with E-state index in [0.29, 0.717) is 31.7 Å². The fourth-order valence-corrected chi connectivity index (χ4v) is 6.44. The molecule has 1 aliphatic heterocycles. The van der Waals surface area contributed by atoms with Crippen molar-refractivity contribution < 1.29 is 32.3 Å². The molecule has 1 heterocycles. The lowest BCUT2D eigenvalue weighted by molar-refractivity contribution is -0.138. The maximum Gasteiger partial charge on any atom is 0.272 e. The second-order valence-corrected chi connectivity index (χ2v) is 13.6. The Morgan fingerprint density at radius 2 is 1.67 bits per heavy atom. The van der Waals surface area contributed by atoms with Crippen molar-refractivity contribution in [3.8, 4) is 0 Å². The molecule has 3 aliphatic carbocycles. The molecule has 0 spiro atoms. The fourth-order valence-electron chi connectivity index (χ4n) is 6.44. The monoisotopic (exact) mass is 673 g/mol. The fraction of sp³-hybridized carbons (Fsp3) is 0.618. The first kappa shape index (κ1) is 35.4. The lowest BCUT2D eigenvalue weighted by Gasteiger charge is -2.36. The van der Waals surface area contributed by atoms with Crippen molar-refractivity contribution in [1.82, 2.24) is 20.4 Å². The number of carbonyl (C=O) groups is 4. The second-order valence-electron chi connectivity index (χ2n) is 13.6. The Labute approximate surface area is 278 Å². The zero-order valence-corrected chi connectivity index (χ0v) is 27.7. The molecule has 4 amide bonds. The number of nitrogens with one attached hydrogen (secondary N) is 3. The van der Waals surface area contributed by atoms with Gasteiger partial charge in [-0.2, -0.15) is 0 Å². The number of hydrogen-bond donors (Lipinski definition) is 4. The van der Waals surface area contributed by atoms with Crippen molar-refractivity contribution in [2.75, 3.05) is 38.5 Å². The maximum absolute atomic E-state index is 15.7. The molecule has 262 valence electrons. The molecule has 4 fully saturated rings. The molecule has 1 aromatic carbocycles. The first-order chi connectivity index (χ1) is 22.8. The molecular formula is C34H46F3N7O4. The average molecular weight is 674 g/mol. The van der Waals surface area contributed by atoms with Gasteiger partial charge in [0, 0.05) is 44.9 Å². The number of halogens is 3. The first-order valence-electron chi connectivity index (χ1n) is 16.8. The van der Waals surface area contributed by atoms with Gasteiger partial charge in [-0.15, -0.1) is 0 Å².